The van der Waals surface area contributed by atoms with Crippen LogP contribution in [-0.4, -0.2) is 32.0 Å². The van der Waals surface area contributed by atoms with E-state index in [1.807, 2.05) is 61.0 Å². The molecule has 40 heavy (non-hydrogen) atoms. The number of rotatable bonds is 8. The van der Waals surface area contributed by atoms with Gasteiger partial charge in [0.05, 0.1) is 34.3 Å². The molecule has 0 amide bonds. The zero-order valence-electron chi connectivity index (χ0n) is 22.7. The van der Waals surface area contributed by atoms with Crippen LogP contribution in [0.5, 0.6) is 5.75 Å². The molecule has 0 N–H and O–H groups in total. The van der Waals surface area contributed by atoms with E-state index in [9.17, 15) is 14.9 Å². The summed E-state index contributed by atoms with van der Waals surface area (Å²) in [5, 5.41) is 16.2. The molecular formula is C31H29N5O4. The van der Waals surface area contributed by atoms with E-state index in [0.29, 0.717) is 29.0 Å². The summed E-state index contributed by atoms with van der Waals surface area (Å²) in [7, 11) is 0. The molecule has 0 bridgehead atoms. The van der Waals surface area contributed by atoms with Crippen molar-refractivity contribution < 1.29 is 9.66 Å². The fourth-order valence-electron chi connectivity index (χ4n) is 4.66. The molecule has 5 rings (SSSR count). The van der Waals surface area contributed by atoms with Crippen LogP contribution >= 0.6 is 0 Å². The quantitative estimate of drug-likeness (QED) is 0.129. The van der Waals surface area contributed by atoms with Gasteiger partial charge in [0.25, 0.3) is 11.2 Å². The Morgan fingerprint density at radius 2 is 1.82 bits per heavy atom. The van der Waals surface area contributed by atoms with Crippen molar-refractivity contribution in [3.8, 4) is 22.8 Å². The van der Waals surface area contributed by atoms with E-state index >= 15 is 0 Å². The molecule has 2 aromatic heterocycles. The lowest BCUT2D eigenvalue weighted by atomic mass is 9.96. The van der Waals surface area contributed by atoms with Crippen molar-refractivity contribution in [2.45, 2.75) is 33.6 Å². The minimum atomic E-state index is -0.434. The molecule has 5 aromatic rings. The van der Waals surface area contributed by atoms with Gasteiger partial charge in [-0.15, -0.1) is 0 Å². The molecule has 0 aliphatic carbocycles. The number of benzene rings is 3. The maximum absolute atomic E-state index is 13.8. The predicted octanol–water partition coefficient (Wildman–Crippen LogP) is 6.48. The minimum Gasteiger partial charge on any atom is -0.494 e. The number of aromatic nitrogens is 3. The molecule has 2 heterocycles. The summed E-state index contributed by atoms with van der Waals surface area (Å²) in [5.74, 6) is 1.43. The van der Waals surface area contributed by atoms with E-state index in [-0.39, 0.29) is 17.2 Å². The highest BCUT2D eigenvalue weighted by Crippen LogP contribution is 2.34. The Bertz CT molecular complexity index is 1800. The van der Waals surface area contributed by atoms with Gasteiger partial charge in [0.1, 0.15) is 5.75 Å². The summed E-state index contributed by atoms with van der Waals surface area (Å²) < 4.78 is 9.08. The third-order valence-electron chi connectivity index (χ3n) is 6.70. The molecular weight excluding hydrogens is 506 g/mol. The van der Waals surface area contributed by atoms with Crippen LogP contribution in [0.15, 0.2) is 88.9 Å². The molecule has 0 saturated carbocycles. The maximum Gasteiger partial charge on any atom is 0.282 e. The van der Waals surface area contributed by atoms with Gasteiger partial charge in [-0.3, -0.25) is 14.9 Å². The molecule has 0 aliphatic heterocycles. The minimum absolute atomic E-state index is 0.0102. The van der Waals surface area contributed by atoms with Crippen LogP contribution in [0, 0.1) is 17.0 Å². The lowest BCUT2D eigenvalue weighted by molar-refractivity contribution is -0.384. The first-order valence-electron chi connectivity index (χ1n) is 13.0. The summed E-state index contributed by atoms with van der Waals surface area (Å²) in [5.41, 5.74) is 4.44. The number of nitrogens with zero attached hydrogens (tertiary/aromatic N) is 5. The first kappa shape index (κ1) is 26.6. The molecule has 3 aromatic carbocycles. The summed E-state index contributed by atoms with van der Waals surface area (Å²) in [4.78, 5) is 29.3. The molecule has 0 radical (unpaired) electrons. The van der Waals surface area contributed by atoms with E-state index in [2.05, 4.69) is 18.9 Å². The molecule has 0 unspecified atom stereocenters. The van der Waals surface area contributed by atoms with Crippen LogP contribution in [0.1, 0.15) is 43.5 Å². The highest BCUT2D eigenvalue weighted by molar-refractivity contribution is 5.82. The number of hydrogen-bond acceptors (Lipinski definition) is 6. The number of nitro benzene ring substituents is 1. The van der Waals surface area contributed by atoms with Crippen LogP contribution < -0.4 is 10.3 Å². The van der Waals surface area contributed by atoms with Gasteiger partial charge in [0.15, 0.2) is 5.82 Å². The monoisotopic (exact) mass is 535 g/mol. The van der Waals surface area contributed by atoms with E-state index in [1.165, 1.54) is 16.8 Å². The van der Waals surface area contributed by atoms with Gasteiger partial charge in [-0.2, -0.15) is 9.78 Å². The zero-order chi connectivity index (χ0) is 28.4. The standard InChI is InChI=1S/C31H29N5O4/c1-5-40-29-17-21(4)27(18-26(29)20(2)3)30-33-28-11-7-6-10-25(28)31(37)35(30)32-19-24-9-8-16-34(24)22-12-14-23(15-13-22)36(38)39/h6-20H,5H2,1-4H3. The number of ether oxygens (including phenoxy) is 1. The summed E-state index contributed by atoms with van der Waals surface area (Å²) in [6.45, 7) is 8.68. The zero-order valence-corrected chi connectivity index (χ0v) is 22.7. The summed E-state index contributed by atoms with van der Waals surface area (Å²) >= 11 is 0. The van der Waals surface area contributed by atoms with Gasteiger partial charge >= 0.3 is 0 Å². The Morgan fingerprint density at radius 1 is 1.07 bits per heavy atom. The van der Waals surface area contributed by atoms with Crippen molar-refractivity contribution in [1.29, 1.82) is 0 Å². The topological polar surface area (TPSA) is 105 Å². The van der Waals surface area contributed by atoms with Gasteiger partial charge < -0.3 is 9.30 Å². The number of aryl methyl sites for hydroxylation is 1. The number of fused-ring (bicyclic) bond motifs is 1. The number of hydrogen-bond donors (Lipinski definition) is 0. The third kappa shape index (κ3) is 5.01. The number of nitro groups is 1. The normalized spacial score (nSPS) is 11.5. The second-order valence-electron chi connectivity index (χ2n) is 9.68. The molecule has 9 nitrogen and oxygen atoms in total. The van der Waals surface area contributed by atoms with Crippen molar-refractivity contribution in [3.05, 3.63) is 116 Å². The molecule has 0 saturated heterocycles. The Kier molecular flexibility index (Phi) is 7.29. The van der Waals surface area contributed by atoms with Crippen LogP contribution in [0.4, 0.5) is 5.69 Å². The van der Waals surface area contributed by atoms with Crippen LogP contribution in [-0.2, 0) is 0 Å². The van der Waals surface area contributed by atoms with Gasteiger partial charge in [-0.05, 0) is 79.4 Å². The van der Waals surface area contributed by atoms with Gasteiger partial charge in [-0.1, -0.05) is 26.0 Å². The fraction of sp³-hybridized carbons (Fsp3) is 0.194. The molecule has 0 aliphatic rings. The van der Waals surface area contributed by atoms with Gasteiger partial charge in [0, 0.05) is 29.6 Å². The highest BCUT2D eigenvalue weighted by atomic mass is 16.6. The lowest BCUT2D eigenvalue weighted by Gasteiger charge is -2.18. The smallest absolute Gasteiger partial charge is 0.282 e. The first-order chi connectivity index (χ1) is 19.3. The van der Waals surface area contributed by atoms with Crippen molar-refractivity contribution in [2.24, 2.45) is 5.10 Å². The van der Waals surface area contributed by atoms with Crippen molar-refractivity contribution in [3.63, 3.8) is 0 Å². The van der Waals surface area contributed by atoms with Gasteiger partial charge in [0.2, 0.25) is 0 Å². The molecule has 0 spiro atoms. The van der Waals surface area contributed by atoms with E-state index < -0.39 is 4.92 Å². The average molecular weight is 536 g/mol. The van der Waals surface area contributed by atoms with Crippen molar-refractivity contribution in [2.75, 3.05) is 6.61 Å². The summed E-state index contributed by atoms with van der Waals surface area (Å²) in [6, 6.07) is 21.2. The second-order valence-corrected chi connectivity index (χ2v) is 9.68. The molecule has 0 atom stereocenters. The number of para-hydroxylation sites is 1. The Hall–Kier alpha value is -5.05. The Morgan fingerprint density at radius 3 is 2.52 bits per heavy atom. The maximum atomic E-state index is 13.8. The van der Waals surface area contributed by atoms with Crippen molar-refractivity contribution in [1.82, 2.24) is 14.2 Å². The lowest BCUT2D eigenvalue weighted by Crippen LogP contribution is -2.21. The molecule has 9 heteroatoms. The van der Waals surface area contributed by atoms with E-state index in [0.717, 1.165) is 28.1 Å². The average Bonchev–Trinajstić information content (AvgIpc) is 3.41. The third-order valence-corrected chi connectivity index (χ3v) is 6.70. The predicted molar refractivity (Wildman–Crippen MR) is 157 cm³/mol. The van der Waals surface area contributed by atoms with Crippen LogP contribution in [0.3, 0.4) is 0 Å². The largest absolute Gasteiger partial charge is 0.494 e. The van der Waals surface area contributed by atoms with Crippen LogP contribution in [0.2, 0.25) is 0 Å². The first-order valence-corrected chi connectivity index (χ1v) is 13.0. The van der Waals surface area contributed by atoms with Crippen molar-refractivity contribution >= 4 is 22.8 Å². The Labute approximate surface area is 231 Å². The molecule has 0 fully saturated rings. The van der Waals surface area contributed by atoms with E-state index in [1.54, 1.807) is 30.5 Å². The second kappa shape index (κ2) is 11.0. The fourth-order valence-corrected chi connectivity index (χ4v) is 4.66. The van der Waals surface area contributed by atoms with Gasteiger partial charge in [-0.25, -0.2) is 4.98 Å². The number of non-ortho nitro benzene ring substituents is 1. The molecule has 202 valence electrons. The van der Waals surface area contributed by atoms with E-state index in [4.69, 9.17) is 9.72 Å². The summed E-state index contributed by atoms with van der Waals surface area (Å²) in [6.07, 6.45) is 3.42. The van der Waals surface area contributed by atoms with Crippen LogP contribution in [0.25, 0.3) is 28.0 Å². The SMILES string of the molecule is CCOc1cc(C)c(-c2nc3ccccc3c(=O)n2N=Cc2cccn2-c2ccc([N+](=O)[O-])cc2)cc1C(C)C. The highest BCUT2D eigenvalue weighted by Gasteiger charge is 2.18. The Balaban J connectivity index is 1.67.